The molecule has 0 aliphatic rings. The maximum Gasteiger partial charge on any atom is 0.0249 e. The lowest BCUT2D eigenvalue weighted by Gasteiger charge is -2.06. The smallest absolute Gasteiger partial charge is 0.0249 e. The molecule has 0 rings (SSSR count). The largest absolute Gasteiger partial charge is 0.326 e. The van der Waals surface area contributed by atoms with E-state index in [-0.39, 0.29) is 12.4 Å². The van der Waals surface area contributed by atoms with E-state index in [1.54, 1.807) is 0 Å². The summed E-state index contributed by atoms with van der Waals surface area (Å²) in [7, 11) is 0. The minimum absolute atomic E-state index is 0. The molecule has 0 amide bonds. The number of hydrogen-bond donors (Lipinski definition) is 1. The zero-order chi connectivity index (χ0) is 7.00. The van der Waals surface area contributed by atoms with Gasteiger partial charge < -0.3 is 5.73 Å². The monoisotopic (exact) mass is 112 g/mol. The third kappa shape index (κ3) is 718. The third-order valence-electron chi connectivity index (χ3n) is 0. The summed E-state index contributed by atoms with van der Waals surface area (Å²) < 4.78 is 20.4. The van der Waals surface area contributed by atoms with Gasteiger partial charge in [0.1, 0.15) is 0 Å². The maximum atomic E-state index is 6.79. The summed E-state index contributed by atoms with van der Waals surface area (Å²) in [4.78, 5) is 0. The highest BCUT2D eigenvalue weighted by Crippen LogP contribution is 1.88. The van der Waals surface area contributed by atoms with E-state index in [0.717, 1.165) is 0 Å². The molecule has 0 aliphatic carbocycles. The molecular weight excluding hydrogens is 97.5 g/mol. The van der Waals surface area contributed by atoms with Crippen molar-refractivity contribution >= 4 is 12.4 Å². The summed E-state index contributed by atoms with van der Waals surface area (Å²) >= 11 is 0. The minimum Gasteiger partial charge on any atom is -0.326 e. The van der Waals surface area contributed by atoms with E-state index >= 15 is 0 Å². The standard InChI is InChI=1S/C4H11N.ClH/c1-4(2,3)5;/h5H2,1-3H3;1H/i1D3;. The fraction of sp³-hybridized carbons (Fsp3) is 1.00. The van der Waals surface area contributed by atoms with E-state index in [9.17, 15) is 0 Å². The fourth-order valence-electron chi connectivity index (χ4n) is 0. The number of nitrogens with two attached hydrogens (primary N) is 1. The number of halogens is 1. The van der Waals surface area contributed by atoms with Crippen LogP contribution in [0.25, 0.3) is 0 Å². The maximum absolute atomic E-state index is 6.79. The Balaban J connectivity index is 0. The van der Waals surface area contributed by atoms with Gasteiger partial charge in [0.2, 0.25) is 0 Å². The summed E-state index contributed by atoms with van der Waals surface area (Å²) in [5, 5.41) is 0. The van der Waals surface area contributed by atoms with Crippen LogP contribution in [-0.2, 0) is 0 Å². The first-order valence-corrected chi connectivity index (χ1v) is 1.54. The van der Waals surface area contributed by atoms with Crippen LogP contribution < -0.4 is 5.73 Å². The Morgan fingerprint density at radius 3 is 1.83 bits per heavy atom. The predicted molar refractivity (Wildman–Crippen MR) is 31.2 cm³/mol. The molecule has 0 saturated heterocycles. The lowest BCUT2D eigenvalue weighted by molar-refractivity contribution is 0.580. The summed E-state index contributed by atoms with van der Waals surface area (Å²) in [6.45, 7) is 0.938. The van der Waals surface area contributed by atoms with E-state index in [1.165, 1.54) is 13.8 Å². The predicted octanol–water partition coefficient (Wildman–Crippen LogP) is 1.17. The van der Waals surface area contributed by atoms with Crippen molar-refractivity contribution in [2.45, 2.75) is 26.2 Å². The molecule has 0 bridgehead atoms. The van der Waals surface area contributed by atoms with Gasteiger partial charge in [0.05, 0.1) is 0 Å². The van der Waals surface area contributed by atoms with E-state index in [2.05, 4.69) is 0 Å². The highest BCUT2D eigenvalue weighted by Gasteiger charge is 1.95. The van der Waals surface area contributed by atoms with Gasteiger partial charge in [0.15, 0.2) is 0 Å². The van der Waals surface area contributed by atoms with Crippen LogP contribution in [0.15, 0.2) is 0 Å². The van der Waals surface area contributed by atoms with Crippen LogP contribution in [0.5, 0.6) is 0 Å². The average Bonchev–Trinajstić information content (AvgIpc) is 1.25. The molecule has 0 atom stereocenters. The Bertz CT molecular complexity index is 70.8. The van der Waals surface area contributed by atoms with Crippen molar-refractivity contribution in [2.24, 2.45) is 5.73 Å². The highest BCUT2D eigenvalue weighted by molar-refractivity contribution is 5.85. The molecular formula is C4H12ClN. The zero-order valence-electron chi connectivity index (χ0n) is 6.99. The molecule has 0 heterocycles. The first-order valence-electron chi connectivity index (χ1n) is 3.04. The summed E-state index contributed by atoms with van der Waals surface area (Å²) in [6, 6.07) is 0. The SMILES string of the molecule is Cl.[2H]C([2H])([2H])C(C)(C)N. The van der Waals surface area contributed by atoms with E-state index in [1.807, 2.05) is 0 Å². The Labute approximate surface area is 49.5 Å². The Kier molecular flexibility index (Phi) is 1.33. The Hall–Kier alpha value is 0.250. The fourth-order valence-corrected chi connectivity index (χ4v) is 0. The molecule has 1 nitrogen and oxygen atoms in total. The summed E-state index contributed by atoms with van der Waals surface area (Å²) in [5.41, 5.74) is 4.19. The molecule has 0 aromatic carbocycles. The van der Waals surface area contributed by atoms with Gasteiger partial charge in [-0.1, -0.05) is 0 Å². The molecule has 6 heavy (non-hydrogen) atoms. The van der Waals surface area contributed by atoms with E-state index in [0.29, 0.717) is 0 Å². The van der Waals surface area contributed by atoms with Crippen LogP contribution in [0, 0.1) is 0 Å². The van der Waals surface area contributed by atoms with Crippen molar-refractivity contribution in [1.29, 1.82) is 0 Å². The van der Waals surface area contributed by atoms with Gasteiger partial charge in [-0.15, -0.1) is 12.4 Å². The van der Waals surface area contributed by atoms with E-state index in [4.69, 9.17) is 9.85 Å². The van der Waals surface area contributed by atoms with Crippen LogP contribution in [0.3, 0.4) is 0 Å². The Morgan fingerprint density at radius 1 is 1.67 bits per heavy atom. The van der Waals surface area contributed by atoms with Crippen LogP contribution in [0.4, 0.5) is 0 Å². The molecule has 0 saturated carbocycles. The second-order valence-electron chi connectivity index (χ2n) is 1.72. The minimum atomic E-state index is -2.03. The zero-order valence-corrected chi connectivity index (χ0v) is 4.80. The van der Waals surface area contributed by atoms with Gasteiger partial charge >= 0.3 is 0 Å². The van der Waals surface area contributed by atoms with Gasteiger partial charge in [-0.3, -0.25) is 0 Å². The lowest BCUT2D eigenvalue weighted by Crippen LogP contribution is -2.26. The quantitative estimate of drug-likeness (QED) is 0.500. The highest BCUT2D eigenvalue weighted by atomic mass is 35.5. The Morgan fingerprint density at radius 2 is 1.83 bits per heavy atom. The molecule has 2 N–H and O–H groups in total. The molecule has 0 radical (unpaired) electrons. The molecule has 0 spiro atoms. The topological polar surface area (TPSA) is 26.0 Å². The van der Waals surface area contributed by atoms with Gasteiger partial charge in [-0.2, -0.15) is 0 Å². The number of hydrogen-bond acceptors (Lipinski definition) is 1. The van der Waals surface area contributed by atoms with Crippen molar-refractivity contribution in [3.05, 3.63) is 0 Å². The van der Waals surface area contributed by atoms with E-state index < -0.39 is 12.4 Å². The van der Waals surface area contributed by atoms with Crippen molar-refractivity contribution in [2.75, 3.05) is 0 Å². The number of rotatable bonds is 0. The second kappa shape index (κ2) is 2.43. The van der Waals surface area contributed by atoms with Crippen molar-refractivity contribution < 1.29 is 4.11 Å². The van der Waals surface area contributed by atoms with Crippen LogP contribution >= 0.6 is 12.4 Å². The summed E-state index contributed by atoms with van der Waals surface area (Å²) in [6.07, 6.45) is 0. The molecule has 0 aromatic rings. The van der Waals surface area contributed by atoms with Gasteiger partial charge in [0, 0.05) is 9.65 Å². The van der Waals surface area contributed by atoms with Gasteiger partial charge in [-0.25, -0.2) is 0 Å². The second-order valence-corrected chi connectivity index (χ2v) is 1.72. The molecule has 0 aromatic heterocycles. The van der Waals surface area contributed by atoms with Crippen molar-refractivity contribution in [3.8, 4) is 0 Å². The van der Waals surface area contributed by atoms with Crippen LogP contribution in [-0.4, -0.2) is 5.54 Å². The molecule has 2 heteroatoms. The lowest BCUT2D eigenvalue weighted by atomic mass is 10.1. The van der Waals surface area contributed by atoms with Crippen molar-refractivity contribution in [1.82, 2.24) is 0 Å². The van der Waals surface area contributed by atoms with Crippen LogP contribution in [0.2, 0.25) is 0 Å². The molecule has 0 fully saturated rings. The normalized spacial score (nSPS) is 19.5. The molecule has 40 valence electrons. The van der Waals surface area contributed by atoms with Crippen LogP contribution in [0.1, 0.15) is 24.8 Å². The van der Waals surface area contributed by atoms with Crippen molar-refractivity contribution in [3.63, 3.8) is 0 Å². The first-order chi connectivity index (χ1) is 3.25. The summed E-state index contributed by atoms with van der Waals surface area (Å²) in [5.74, 6) is 0. The van der Waals surface area contributed by atoms with Gasteiger partial charge in [-0.05, 0) is 20.7 Å². The molecule has 0 unspecified atom stereocenters. The third-order valence-corrected chi connectivity index (χ3v) is 0. The first kappa shape index (κ1) is 3.28. The molecule has 0 aliphatic heterocycles. The average molecular weight is 113 g/mol. The van der Waals surface area contributed by atoms with Gasteiger partial charge in [0.25, 0.3) is 0 Å².